The highest BCUT2D eigenvalue weighted by Crippen LogP contribution is 2.22. The van der Waals surface area contributed by atoms with E-state index in [2.05, 4.69) is 25.7 Å². The van der Waals surface area contributed by atoms with Crippen molar-refractivity contribution in [1.29, 1.82) is 0 Å². The van der Waals surface area contributed by atoms with Crippen LogP contribution in [-0.4, -0.2) is 43.6 Å². The zero-order valence-corrected chi connectivity index (χ0v) is 13.6. The molecule has 3 heterocycles. The predicted molar refractivity (Wildman–Crippen MR) is 89.9 cm³/mol. The lowest BCUT2D eigenvalue weighted by Gasteiger charge is -2.23. The zero-order chi connectivity index (χ0) is 17.1. The van der Waals surface area contributed by atoms with Crippen LogP contribution in [0.5, 0.6) is 0 Å². The van der Waals surface area contributed by atoms with Crippen molar-refractivity contribution in [3.05, 3.63) is 54.7 Å². The minimum absolute atomic E-state index is 0.00913. The van der Waals surface area contributed by atoms with Gasteiger partial charge in [-0.05, 0) is 54.1 Å². The van der Waals surface area contributed by atoms with Crippen molar-refractivity contribution in [2.75, 3.05) is 11.9 Å². The van der Waals surface area contributed by atoms with Gasteiger partial charge >= 0.3 is 0 Å². The first-order chi connectivity index (χ1) is 12.3. The van der Waals surface area contributed by atoms with Gasteiger partial charge in [-0.3, -0.25) is 9.69 Å². The molecule has 8 heteroatoms. The number of hydrogen-bond acceptors (Lipinski definition) is 6. The minimum Gasteiger partial charge on any atom is -0.472 e. The number of rotatable bonds is 5. The van der Waals surface area contributed by atoms with Crippen molar-refractivity contribution in [1.82, 2.24) is 25.1 Å². The number of tetrazole rings is 1. The van der Waals surface area contributed by atoms with Gasteiger partial charge in [-0.1, -0.05) is 6.07 Å². The molecule has 0 spiro atoms. The summed E-state index contributed by atoms with van der Waals surface area (Å²) < 4.78 is 6.67. The van der Waals surface area contributed by atoms with E-state index in [9.17, 15) is 4.79 Å². The van der Waals surface area contributed by atoms with Gasteiger partial charge in [0.15, 0.2) is 0 Å². The lowest BCUT2D eigenvalue weighted by atomic mass is 10.2. The summed E-state index contributed by atoms with van der Waals surface area (Å²) in [6, 6.07) is 9.26. The van der Waals surface area contributed by atoms with Crippen LogP contribution in [0, 0.1) is 0 Å². The molecule has 0 saturated carbocycles. The lowest BCUT2D eigenvalue weighted by Crippen LogP contribution is -2.39. The predicted octanol–water partition coefficient (Wildman–Crippen LogP) is 1.86. The fourth-order valence-electron chi connectivity index (χ4n) is 3.16. The highest BCUT2D eigenvalue weighted by atomic mass is 16.3. The number of amides is 1. The second-order valence-corrected chi connectivity index (χ2v) is 6.05. The van der Waals surface area contributed by atoms with Gasteiger partial charge in [-0.2, -0.15) is 0 Å². The molecule has 3 aromatic rings. The van der Waals surface area contributed by atoms with Gasteiger partial charge in [0, 0.05) is 17.8 Å². The Labute approximate surface area is 144 Å². The molecule has 1 amide bonds. The quantitative estimate of drug-likeness (QED) is 0.764. The third-order valence-corrected chi connectivity index (χ3v) is 4.36. The van der Waals surface area contributed by atoms with Gasteiger partial charge in [-0.15, -0.1) is 5.10 Å². The second kappa shape index (κ2) is 6.86. The van der Waals surface area contributed by atoms with Gasteiger partial charge in [0.1, 0.15) is 6.33 Å². The Balaban J connectivity index is 1.45. The highest BCUT2D eigenvalue weighted by Gasteiger charge is 2.30. The molecule has 0 bridgehead atoms. The van der Waals surface area contributed by atoms with Crippen LogP contribution in [0.1, 0.15) is 18.4 Å². The van der Waals surface area contributed by atoms with Gasteiger partial charge in [0.2, 0.25) is 5.91 Å². The fraction of sp³-hybridized carbons (Fsp3) is 0.294. The summed E-state index contributed by atoms with van der Waals surface area (Å²) in [7, 11) is 0. The standard InChI is InChI=1S/C17H18N6O2/c24-17(16-5-2-7-22(16)10-13-6-8-25-11-13)19-14-3-1-4-15(9-14)23-12-18-20-21-23/h1,3-4,6,8-9,11-12,16H,2,5,7,10H2,(H,19,24)/t16-/m0/s1. The van der Waals surface area contributed by atoms with Crippen LogP contribution >= 0.6 is 0 Å². The maximum Gasteiger partial charge on any atom is 0.241 e. The summed E-state index contributed by atoms with van der Waals surface area (Å²) in [6.45, 7) is 1.63. The number of nitrogens with zero attached hydrogens (tertiary/aromatic N) is 5. The molecule has 0 unspecified atom stereocenters. The van der Waals surface area contributed by atoms with Gasteiger partial charge in [0.25, 0.3) is 0 Å². The van der Waals surface area contributed by atoms with Crippen LogP contribution in [0.4, 0.5) is 5.69 Å². The monoisotopic (exact) mass is 338 g/mol. The number of anilines is 1. The van der Waals surface area contributed by atoms with Crippen molar-refractivity contribution in [2.24, 2.45) is 0 Å². The third-order valence-electron chi connectivity index (χ3n) is 4.36. The average molecular weight is 338 g/mol. The third kappa shape index (κ3) is 3.43. The van der Waals surface area contributed by atoms with Crippen molar-refractivity contribution < 1.29 is 9.21 Å². The molecule has 1 atom stereocenters. The van der Waals surface area contributed by atoms with Crippen LogP contribution in [0.25, 0.3) is 5.69 Å². The van der Waals surface area contributed by atoms with Crippen LogP contribution in [0.2, 0.25) is 0 Å². The summed E-state index contributed by atoms with van der Waals surface area (Å²) in [5.41, 5.74) is 2.61. The second-order valence-electron chi connectivity index (χ2n) is 6.05. The molecular weight excluding hydrogens is 320 g/mol. The molecule has 1 aliphatic heterocycles. The molecular formula is C17H18N6O2. The summed E-state index contributed by atoms with van der Waals surface area (Å²) in [4.78, 5) is 14.9. The molecule has 1 aromatic carbocycles. The van der Waals surface area contributed by atoms with E-state index in [1.165, 1.54) is 6.33 Å². The Morgan fingerprint density at radius 3 is 3.12 bits per heavy atom. The molecule has 8 nitrogen and oxygen atoms in total. The molecule has 1 N–H and O–H groups in total. The summed E-state index contributed by atoms with van der Waals surface area (Å²) >= 11 is 0. The van der Waals surface area contributed by atoms with E-state index in [1.807, 2.05) is 30.3 Å². The van der Waals surface area contributed by atoms with Gasteiger partial charge in [-0.25, -0.2) is 4.68 Å². The molecule has 1 aliphatic rings. The van der Waals surface area contributed by atoms with Crippen molar-refractivity contribution in [3.63, 3.8) is 0 Å². The smallest absolute Gasteiger partial charge is 0.241 e. The Morgan fingerprint density at radius 1 is 1.36 bits per heavy atom. The highest BCUT2D eigenvalue weighted by molar-refractivity contribution is 5.95. The maximum absolute atomic E-state index is 12.7. The number of nitrogens with one attached hydrogen (secondary N) is 1. The Bertz CT molecular complexity index is 831. The summed E-state index contributed by atoms with van der Waals surface area (Å²) in [5, 5.41) is 14.1. The molecule has 2 aromatic heterocycles. The zero-order valence-electron chi connectivity index (χ0n) is 13.6. The molecule has 1 saturated heterocycles. The molecule has 4 rings (SSSR count). The van der Waals surface area contributed by atoms with E-state index < -0.39 is 0 Å². The first-order valence-corrected chi connectivity index (χ1v) is 8.19. The number of aromatic nitrogens is 4. The molecule has 0 aliphatic carbocycles. The van der Waals surface area contributed by atoms with Gasteiger partial charge in [0.05, 0.1) is 24.3 Å². The number of likely N-dealkylation sites (tertiary alicyclic amines) is 1. The summed E-state index contributed by atoms with van der Waals surface area (Å²) in [6.07, 6.45) is 6.77. The Morgan fingerprint density at radius 2 is 2.32 bits per heavy atom. The van der Waals surface area contributed by atoms with E-state index in [-0.39, 0.29) is 11.9 Å². The van der Waals surface area contributed by atoms with E-state index in [0.717, 1.165) is 42.9 Å². The number of carbonyl (C=O) groups excluding carboxylic acids is 1. The van der Waals surface area contributed by atoms with Crippen molar-refractivity contribution in [2.45, 2.75) is 25.4 Å². The van der Waals surface area contributed by atoms with Crippen LogP contribution in [0.3, 0.4) is 0 Å². The van der Waals surface area contributed by atoms with Gasteiger partial charge < -0.3 is 9.73 Å². The van der Waals surface area contributed by atoms with Crippen LogP contribution in [-0.2, 0) is 11.3 Å². The van der Waals surface area contributed by atoms with E-state index in [4.69, 9.17) is 4.42 Å². The maximum atomic E-state index is 12.7. The number of furan rings is 1. The van der Waals surface area contributed by atoms with Crippen molar-refractivity contribution >= 4 is 11.6 Å². The molecule has 25 heavy (non-hydrogen) atoms. The fourth-order valence-corrected chi connectivity index (χ4v) is 3.16. The summed E-state index contributed by atoms with van der Waals surface area (Å²) in [5.74, 6) is 0.00913. The van der Waals surface area contributed by atoms with E-state index in [0.29, 0.717) is 0 Å². The van der Waals surface area contributed by atoms with E-state index in [1.54, 1.807) is 17.2 Å². The molecule has 1 fully saturated rings. The van der Waals surface area contributed by atoms with E-state index >= 15 is 0 Å². The minimum atomic E-state index is -0.133. The van der Waals surface area contributed by atoms with Crippen LogP contribution in [0.15, 0.2) is 53.6 Å². The topological polar surface area (TPSA) is 89.1 Å². The number of benzene rings is 1. The number of carbonyl (C=O) groups is 1. The number of hydrogen-bond donors (Lipinski definition) is 1. The first-order valence-electron chi connectivity index (χ1n) is 8.19. The molecule has 128 valence electrons. The van der Waals surface area contributed by atoms with Crippen molar-refractivity contribution in [3.8, 4) is 5.69 Å². The molecule has 0 radical (unpaired) electrons. The first kappa shape index (κ1) is 15.5. The SMILES string of the molecule is O=C(Nc1cccc(-n2cnnn2)c1)[C@@H]1CCCN1Cc1ccoc1. The Hall–Kier alpha value is -3.00. The van der Waals surface area contributed by atoms with Crippen LogP contribution < -0.4 is 5.32 Å². The average Bonchev–Trinajstić information content (AvgIpc) is 3.38. The Kier molecular flexibility index (Phi) is 4.26. The normalized spacial score (nSPS) is 17.7. The lowest BCUT2D eigenvalue weighted by molar-refractivity contribution is -0.120. The largest absolute Gasteiger partial charge is 0.472 e.